The van der Waals surface area contributed by atoms with Gasteiger partial charge in [0.25, 0.3) is 10.0 Å². The average Bonchev–Trinajstić information content (AvgIpc) is 2.41. The predicted molar refractivity (Wildman–Crippen MR) is 52.6 cm³/mol. The van der Waals surface area contributed by atoms with E-state index in [9.17, 15) is 8.42 Å². The molecule has 5 heteroatoms. The third-order valence-electron chi connectivity index (χ3n) is 2.28. The SMILES string of the molecule is O=S1(=O)Nc2cncc3cccc1c23. The van der Waals surface area contributed by atoms with Crippen LogP contribution in [0.2, 0.25) is 0 Å². The molecule has 1 aromatic carbocycles. The van der Waals surface area contributed by atoms with E-state index in [0.717, 1.165) is 10.8 Å². The van der Waals surface area contributed by atoms with Gasteiger partial charge in [-0.2, -0.15) is 0 Å². The van der Waals surface area contributed by atoms with E-state index in [1.165, 1.54) is 6.20 Å². The maximum absolute atomic E-state index is 11.6. The molecule has 0 unspecified atom stereocenters. The summed E-state index contributed by atoms with van der Waals surface area (Å²) in [5.41, 5.74) is 0.568. The van der Waals surface area contributed by atoms with Gasteiger partial charge in [-0.05, 0) is 6.07 Å². The summed E-state index contributed by atoms with van der Waals surface area (Å²) < 4.78 is 25.6. The molecule has 1 aliphatic rings. The number of pyridine rings is 1. The first kappa shape index (κ1) is 7.75. The van der Waals surface area contributed by atoms with Crippen LogP contribution in [0.1, 0.15) is 0 Å². The van der Waals surface area contributed by atoms with Crippen molar-refractivity contribution in [3.63, 3.8) is 0 Å². The molecule has 0 amide bonds. The number of nitrogens with zero attached hydrogens (tertiary/aromatic N) is 1. The fourth-order valence-electron chi connectivity index (χ4n) is 1.70. The van der Waals surface area contributed by atoms with Gasteiger partial charge in [-0.15, -0.1) is 0 Å². The molecule has 0 spiro atoms. The van der Waals surface area contributed by atoms with E-state index in [2.05, 4.69) is 9.71 Å². The Morgan fingerprint density at radius 1 is 1.21 bits per heavy atom. The summed E-state index contributed by atoms with van der Waals surface area (Å²) >= 11 is 0. The lowest BCUT2D eigenvalue weighted by molar-refractivity contribution is 0.603. The summed E-state index contributed by atoms with van der Waals surface area (Å²) in [7, 11) is -3.35. The Labute approximate surface area is 80.6 Å². The predicted octanol–water partition coefficient (Wildman–Crippen LogP) is 1.35. The first-order valence-corrected chi connectivity index (χ1v) is 5.56. The van der Waals surface area contributed by atoms with Crippen LogP contribution in [-0.4, -0.2) is 13.4 Å². The zero-order valence-corrected chi connectivity index (χ0v) is 7.88. The van der Waals surface area contributed by atoms with Crippen molar-refractivity contribution in [2.24, 2.45) is 0 Å². The third-order valence-corrected chi connectivity index (χ3v) is 3.69. The lowest BCUT2D eigenvalue weighted by Crippen LogP contribution is -2.05. The molecule has 70 valence electrons. The Bertz CT molecular complexity index is 629. The molecule has 1 N–H and O–H groups in total. The first-order chi connectivity index (χ1) is 6.68. The fourth-order valence-corrected chi connectivity index (χ4v) is 3.01. The minimum absolute atomic E-state index is 0.340. The van der Waals surface area contributed by atoms with Crippen LogP contribution >= 0.6 is 0 Å². The molecule has 3 rings (SSSR count). The van der Waals surface area contributed by atoms with E-state index in [1.807, 2.05) is 6.07 Å². The van der Waals surface area contributed by atoms with Gasteiger partial charge in [0.05, 0.1) is 16.8 Å². The molecule has 0 aliphatic carbocycles. The van der Waals surface area contributed by atoms with E-state index in [1.54, 1.807) is 18.3 Å². The van der Waals surface area contributed by atoms with Crippen molar-refractivity contribution in [2.45, 2.75) is 4.90 Å². The van der Waals surface area contributed by atoms with Crippen LogP contribution in [0.5, 0.6) is 0 Å². The molecule has 0 fully saturated rings. The van der Waals surface area contributed by atoms with Gasteiger partial charge in [-0.1, -0.05) is 12.1 Å². The van der Waals surface area contributed by atoms with Crippen LogP contribution in [0.25, 0.3) is 10.8 Å². The second-order valence-corrected chi connectivity index (χ2v) is 4.80. The summed E-state index contributed by atoms with van der Waals surface area (Å²) in [6, 6.07) is 5.16. The number of sulfonamides is 1. The standard InChI is InChI=1S/C9H6N2O2S/c12-14(13)8-3-1-2-6-4-10-5-7(11-14)9(6)8/h1-5,11H. The van der Waals surface area contributed by atoms with Crippen LogP contribution in [0.3, 0.4) is 0 Å². The Hall–Kier alpha value is -1.62. The highest BCUT2D eigenvalue weighted by molar-refractivity contribution is 7.93. The van der Waals surface area contributed by atoms with Gasteiger partial charge in [0.15, 0.2) is 0 Å². The van der Waals surface area contributed by atoms with Crippen LogP contribution < -0.4 is 4.72 Å². The molecule has 4 nitrogen and oxygen atoms in total. The number of benzene rings is 1. The molecular formula is C9H6N2O2S. The van der Waals surface area contributed by atoms with Gasteiger partial charge >= 0.3 is 0 Å². The second-order valence-electron chi connectivity index (χ2n) is 3.15. The molecule has 0 saturated heterocycles. The first-order valence-electron chi connectivity index (χ1n) is 4.08. The molecule has 14 heavy (non-hydrogen) atoms. The Morgan fingerprint density at radius 2 is 2.07 bits per heavy atom. The van der Waals surface area contributed by atoms with Gasteiger partial charge in [-0.3, -0.25) is 9.71 Å². The molecule has 0 bridgehead atoms. The van der Waals surface area contributed by atoms with Crippen LogP contribution in [-0.2, 0) is 10.0 Å². The summed E-state index contributed by atoms with van der Waals surface area (Å²) in [6.07, 6.45) is 3.18. The molecule has 2 aromatic rings. The largest absolute Gasteiger partial charge is 0.277 e. The third kappa shape index (κ3) is 0.820. The summed E-state index contributed by atoms with van der Waals surface area (Å²) in [5, 5.41) is 1.58. The minimum atomic E-state index is -3.35. The zero-order chi connectivity index (χ0) is 9.76. The van der Waals surface area contributed by atoms with E-state index in [-0.39, 0.29) is 0 Å². The molecule has 2 heterocycles. The van der Waals surface area contributed by atoms with Crippen molar-refractivity contribution in [3.8, 4) is 0 Å². The van der Waals surface area contributed by atoms with Gasteiger partial charge < -0.3 is 0 Å². The monoisotopic (exact) mass is 206 g/mol. The summed E-state index contributed by atoms with van der Waals surface area (Å²) in [5.74, 6) is 0. The van der Waals surface area contributed by atoms with Crippen molar-refractivity contribution in [1.29, 1.82) is 0 Å². The molecule has 1 aliphatic heterocycles. The number of rotatable bonds is 0. The number of aromatic nitrogens is 1. The van der Waals surface area contributed by atoms with Crippen molar-refractivity contribution in [1.82, 2.24) is 4.98 Å². The van der Waals surface area contributed by atoms with E-state index < -0.39 is 10.0 Å². The number of anilines is 1. The number of nitrogens with one attached hydrogen (secondary N) is 1. The highest BCUT2D eigenvalue weighted by Gasteiger charge is 2.26. The van der Waals surface area contributed by atoms with E-state index in [0.29, 0.717) is 10.6 Å². The molecule has 1 aromatic heterocycles. The maximum Gasteiger partial charge on any atom is 0.262 e. The van der Waals surface area contributed by atoms with E-state index in [4.69, 9.17) is 0 Å². The Kier molecular flexibility index (Phi) is 1.24. The lowest BCUT2D eigenvalue weighted by atomic mass is 10.1. The molecule has 0 saturated carbocycles. The molecular weight excluding hydrogens is 200 g/mol. The van der Waals surface area contributed by atoms with Crippen molar-refractivity contribution in [3.05, 3.63) is 30.6 Å². The smallest absolute Gasteiger partial charge is 0.262 e. The summed E-state index contributed by atoms with van der Waals surface area (Å²) in [6.45, 7) is 0. The van der Waals surface area contributed by atoms with Gasteiger partial charge in [-0.25, -0.2) is 8.42 Å². The lowest BCUT2D eigenvalue weighted by Gasteiger charge is -1.95. The maximum atomic E-state index is 11.6. The van der Waals surface area contributed by atoms with Gasteiger partial charge in [0.1, 0.15) is 0 Å². The summed E-state index contributed by atoms with van der Waals surface area (Å²) in [4.78, 5) is 4.30. The van der Waals surface area contributed by atoms with Crippen LogP contribution in [0.4, 0.5) is 5.69 Å². The fraction of sp³-hybridized carbons (Fsp3) is 0. The quantitative estimate of drug-likeness (QED) is 0.707. The average molecular weight is 206 g/mol. The van der Waals surface area contributed by atoms with Crippen LogP contribution in [0, 0.1) is 0 Å². The van der Waals surface area contributed by atoms with Crippen molar-refractivity contribution >= 4 is 26.5 Å². The normalized spacial score (nSPS) is 16.9. The highest BCUT2D eigenvalue weighted by atomic mass is 32.2. The van der Waals surface area contributed by atoms with Crippen molar-refractivity contribution in [2.75, 3.05) is 4.72 Å². The topological polar surface area (TPSA) is 59.1 Å². The van der Waals surface area contributed by atoms with Crippen molar-refractivity contribution < 1.29 is 8.42 Å². The van der Waals surface area contributed by atoms with E-state index >= 15 is 0 Å². The molecule has 0 atom stereocenters. The Balaban J connectivity index is 2.63. The van der Waals surface area contributed by atoms with Gasteiger partial charge in [0.2, 0.25) is 0 Å². The number of hydrogen-bond acceptors (Lipinski definition) is 3. The van der Waals surface area contributed by atoms with Crippen LogP contribution in [0.15, 0.2) is 35.5 Å². The second kappa shape index (κ2) is 2.24. The molecule has 0 radical (unpaired) electrons. The number of hydrogen-bond donors (Lipinski definition) is 1. The highest BCUT2D eigenvalue weighted by Crippen LogP contribution is 2.35. The minimum Gasteiger partial charge on any atom is -0.277 e. The Morgan fingerprint density at radius 3 is 2.93 bits per heavy atom. The zero-order valence-electron chi connectivity index (χ0n) is 7.06. The van der Waals surface area contributed by atoms with Gasteiger partial charge in [0, 0.05) is 17.0 Å².